The van der Waals surface area contributed by atoms with Crippen LogP contribution in [0.3, 0.4) is 0 Å². The Morgan fingerprint density at radius 2 is 2.08 bits per heavy atom. The van der Waals surface area contributed by atoms with Gasteiger partial charge in [-0.2, -0.15) is 18.4 Å². The van der Waals surface area contributed by atoms with Crippen molar-refractivity contribution in [1.29, 1.82) is 5.26 Å². The highest BCUT2D eigenvalue weighted by molar-refractivity contribution is 5.76. The fraction of sp³-hybridized carbons (Fsp3) is 0.588. The number of nitrogens with one attached hydrogen (secondary N) is 1. The average molecular weight is 355 g/mol. The highest BCUT2D eigenvalue weighted by Crippen LogP contribution is 2.33. The SMILES string of the molecule is Cc1[nH]c(=O)c(C#N)c(C)c1CCC(=O)N1CCC[C@H](C(F)(F)F)C1. The fourth-order valence-corrected chi connectivity index (χ4v) is 3.28. The van der Waals surface area contributed by atoms with Crippen LogP contribution in [0.4, 0.5) is 13.2 Å². The minimum absolute atomic E-state index is 0.00292. The monoisotopic (exact) mass is 355 g/mol. The van der Waals surface area contributed by atoms with Gasteiger partial charge in [0.05, 0.1) is 5.92 Å². The Labute approximate surface area is 143 Å². The molecule has 1 fully saturated rings. The lowest BCUT2D eigenvalue weighted by Crippen LogP contribution is -2.44. The fourth-order valence-electron chi connectivity index (χ4n) is 3.28. The topological polar surface area (TPSA) is 77.0 Å². The van der Waals surface area contributed by atoms with E-state index in [1.54, 1.807) is 13.8 Å². The number of amides is 1. The van der Waals surface area contributed by atoms with Gasteiger partial charge in [-0.1, -0.05) is 0 Å². The number of aromatic nitrogens is 1. The van der Waals surface area contributed by atoms with Crippen LogP contribution < -0.4 is 5.56 Å². The molecule has 0 aromatic carbocycles. The smallest absolute Gasteiger partial charge is 0.342 e. The zero-order chi connectivity index (χ0) is 18.8. The van der Waals surface area contributed by atoms with Crippen LogP contribution in [0.2, 0.25) is 0 Å². The number of nitrogens with zero attached hydrogens (tertiary/aromatic N) is 2. The van der Waals surface area contributed by atoms with Crippen LogP contribution in [0, 0.1) is 31.1 Å². The van der Waals surface area contributed by atoms with E-state index in [4.69, 9.17) is 5.26 Å². The molecule has 1 saturated heterocycles. The molecule has 25 heavy (non-hydrogen) atoms. The van der Waals surface area contributed by atoms with Crippen LogP contribution in [-0.2, 0) is 11.2 Å². The molecule has 2 heterocycles. The van der Waals surface area contributed by atoms with Crippen molar-refractivity contribution < 1.29 is 18.0 Å². The molecule has 136 valence electrons. The largest absolute Gasteiger partial charge is 0.393 e. The molecule has 2 rings (SSSR count). The minimum Gasteiger partial charge on any atom is -0.342 e. The van der Waals surface area contributed by atoms with Crippen LogP contribution in [-0.4, -0.2) is 35.1 Å². The summed E-state index contributed by atoms with van der Waals surface area (Å²) >= 11 is 0. The van der Waals surface area contributed by atoms with Crippen molar-refractivity contribution in [3.63, 3.8) is 0 Å². The zero-order valence-corrected chi connectivity index (χ0v) is 14.2. The van der Waals surface area contributed by atoms with Gasteiger partial charge in [0.2, 0.25) is 5.91 Å². The van der Waals surface area contributed by atoms with Gasteiger partial charge in [-0.3, -0.25) is 9.59 Å². The van der Waals surface area contributed by atoms with E-state index in [0.717, 1.165) is 0 Å². The van der Waals surface area contributed by atoms with Crippen molar-refractivity contribution in [3.8, 4) is 6.07 Å². The van der Waals surface area contributed by atoms with Crippen LogP contribution in [0.1, 0.15) is 41.6 Å². The second kappa shape index (κ2) is 7.30. The number of alkyl halides is 3. The van der Waals surface area contributed by atoms with Crippen LogP contribution in [0.5, 0.6) is 0 Å². The quantitative estimate of drug-likeness (QED) is 0.905. The molecule has 0 bridgehead atoms. The van der Waals surface area contributed by atoms with Crippen molar-refractivity contribution in [1.82, 2.24) is 9.88 Å². The van der Waals surface area contributed by atoms with E-state index < -0.39 is 17.7 Å². The zero-order valence-electron chi connectivity index (χ0n) is 14.2. The Kier molecular flexibility index (Phi) is 5.55. The van der Waals surface area contributed by atoms with Crippen molar-refractivity contribution in [3.05, 3.63) is 32.7 Å². The first-order chi connectivity index (χ1) is 11.6. The Morgan fingerprint density at radius 3 is 2.68 bits per heavy atom. The number of aryl methyl sites for hydroxylation is 1. The van der Waals surface area contributed by atoms with Gasteiger partial charge in [0, 0.05) is 25.2 Å². The number of H-pyrrole nitrogens is 1. The number of likely N-dealkylation sites (tertiary alicyclic amines) is 1. The van der Waals surface area contributed by atoms with E-state index in [0.29, 0.717) is 29.8 Å². The number of pyridine rings is 1. The van der Waals surface area contributed by atoms with Crippen molar-refractivity contribution in [2.24, 2.45) is 5.92 Å². The van der Waals surface area contributed by atoms with Gasteiger partial charge in [-0.15, -0.1) is 0 Å². The van der Waals surface area contributed by atoms with Crippen molar-refractivity contribution in [2.45, 2.75) is 45.7 Å². The number of piperidine rings is 1. The average Bonchev–Trinajstić information content (AvgIpc) is 2.53. The molecule has 0 unspecified atom stereocenters. The third-order valence-corrected chi connectivity index (χ3v) is 4.75. The number of aromatic amines is 1. The molecule has 5 nitrogen and oxygen atoms in total. The summed E-state index contributed by atoms with van der Waals surface area (Å²) in [5.74, 6) is -1.80. The summed E-state index contributed by atoms with van der Waals surface area (Å²) in [5.41, 5.74) is 1.30. The second-order valence-corrected chi connectivity index (χ2v) is 6.39. The number of carbonyl (C=O) groups excluding carboxylic acids is 1. The molecule has 1 aromatic rings. The van der Waals surface area contributed by atoms with Gasteiger partial charge in [0.15, 0.2) is 0 Å². The predicted octanol–water partition coefficient (Wildman–Crippen LogP) is 2.60. The number of hydrogen-bond donors (Lipinski definition) is 1. The summed E-state index contributed by atoms with van der Waals surface area (Å²) in [7, 11) is 0. The Balaban J connectivity index is 2.08. The number of carbonyl (C=O) groups is 1. The van der Waals surface area contributed by atoms with Gasteiger partial charge < -0.3 is 9.88 Å². The van der Waals surface area contributed by atoms with Crippen molar-refractivity contribution in [2.75, 3.05) is 13.1 Å². The number of halogens is 3. The van der Waals surface area contributed by atoms with Gasteiger partial charge >= 0.3 is 6.18 Å². The number of rotatable bonds is 3. The van der Waals surface area contributed by atoms with Gasteiger partial charge in [-0.25, -0.2) is 0 Å². The third kappa shape index (κ3) is 4.21. The summed E-state index contributed by atoms with van der Waals surface area (Å²) in [6, 6.07) is 1.84. The normalized spacial score (nSPS) is 18.1. The lowest BCUT2D eigenvalue weighted by Gasteiger charge is -2.33. The molecule has 0 saturated carbocycles. The molecule has 0 spiro atoms. The Morgan fingerprint density at radius 1 is 1.40 bits per heavy atom. The van der Waals surface area contributed by atoms with Crippen LogP contribution in [0.15, 0.2) is 4.79 Å². The molecule has 0 aliphatic carbocycles. The van der Waals surface area contributed by atoms with E-state index in [1.807, 2.05) is 6.07 Å². The Hall–Kier alpha value is -2.30. The first-order valence-electron chi connectivity index (χ1n) is 8.12. The van der Waals surface area contributed by atoms with Crippen LogP contribution >= 0.6 is 0 Å². The van der Waals surface area contributed by atoms with Gasteiger partial charge in [0.1, 0.15) is 11.6 Å². The van der Waals surface area contributed by atoms with Crippen LogP contribution in [0.25, 0.3) is 0 Å². The summed E-state index contributed by atoms with van der Waals surface area (Å²) in [6.07, 6.45) is -3.58. The molecule has 1 aliphatic heterocycles. The first kappa shape index (κ1) is 19.0. The first-order valence-corrected chi connectivity index (χ1v) is 8.12. The molecule has 1 aromatic heterocycles. The summed E-state index contributed by atoms with van der Waals surface area (Å²) < 4.78 is 38.6. The molecular formula is C17H20F3N3O2. The third-order valence-electron chi connectivity index (χ3n) is 4.75. The van der Waals surface area contributed by atoms with E-state index in [-0.39, 0.29) is 37.3 Å². The summed E-state index contributed by atoms with van der Waals surface area (Å²) in [6.45, 7) is 3.35. The molecule has 1 amide bonds. The van der Waals surface area contributed by atoms with Gasteiger partial charge in [-0.05, 0) is 44.2 Å². The van der Waals surface area contributed by atoms with Gasteiger partial charge in [0.25, 0.3) is 5.56 Å². The maximum Gasteiger partial charge on any atom is 0.393 e. The molecule has 8 heteroatoms. The maximum atomic E-state index is 12.9. The minimum atomic E-state index is -4.28. The van der Waals surface area contributed by atoms with E-state index in [9.17, 15) is 22.8 Å². The number of hydrogen-bond acceptors (Lipinski definition) is 3. The summed E-state index contributed by atoms with van der Waals surface area (Å²) in [5, 5.41) is 9.05. The summed E-state index contributed by atoms with van der Waals surface area (Å²) in [4.78, 5) is 27.9. The van der Waals surface area contributed by atoms with E-state index >= 15 is 0 Å². The molecule has 1 N–H and O–H groups in total. The highest BCUT2D eigenvalue weighted by atomic mass is 19.4. The van der Waals surface area contributed by atoms with E-state index in [2.05, 4.69) is 4.98 Å². The lowest BCUT2D eigenvalue weighted by atomic mass is 9.96. The molecule has 1 atom stereocenters. The highest BCUT2D eigenvalue weighted by Gasteiger charge is 2.42. The Bertz CT molecular complexity index is 762. The molecular weight excluding hydrogens is 335 g/mol. The second-order valence-electron chi connectivity index (χ2n) is 6.39. The lowest BCUT2D eigenvalue weighted by molar-refractivity contribution is -0.188. The van der Waals surface area contributed by atoms with E-state index in [1.165, 1.54) is 4.90 Å². The maximum absolute atomic E-state index is 12.9. The molecule has 1 aliphatic rings. The van der Waals surface area contributed by atoms with Crippen molar-refractivity contribution >= 4 is 5.91 Å². The standard InChI is InChI=1S/C17H20F3N3O2/c1-10-13(11(2)22-16(25)14(10)8-21)5-6-15(24)23-7-3-4-12(9-23)17(18,19)20/h12H,3-7,9H2,1-2H3,(H,22,25)/t12-/m0/s1. The molecule has 0 radical (unpaired) electrons. The number of nitriles is 1. The predicted molar refractivity (Wildman–Crippen MR) is 84.9 cm³/mol.